The first kappa shape index (κ1) is 11.2. The van der Waals surface area contributed by atoms with Gasteiger partial charge in [0, 0.05) is 23.7 Å². The van der Waals surface area contributed by atoms with Gasteiger partial charge in [-0.2, -0.15) is 0 Å². The van der Waals surface area contributed by atoms with Crippen molar-refractivity contribution in [2.45, 2.75) is 0 Å². The van der Waals surface area contributed by atoms with Crippen molar-refractivity contribution in [2.24, 2.45) is 5.73 Å². The van der Waals surface area contributed by atoms with Crippen molar-refractivity contribution in [1.29, 1.82) is 0 Å². The van der Waals surface area contributed by atoms with E-state index in [0.29, 0.717) is 6.54 Å². The number of nitrogens with two attached hydrogens (primary N) is 1. The summed E-state index contributed by atoms with van der Waals surface area (Å²) in [6, 6.07) is 10.2. The summed E-state index contributed by atoms with van der Waals surface area (Å²) in [6.07, 6.45) is 6.03. The van der Waals surface area contributed by atoms with Crippen LogP contribution in [0.1, 0.15) is 5.69 Å². The third-order valence-corrected chi connectivity index (χ3v) is 3.51. The number of nitrogens with zero attached hydrogens (tertiary/aromatic N) is 2. The normalized spacial score (nSPS) is 11.6. The lowest BCUT2D eigenvalue weighted by Gasteiger charge is -1.99. The maximum Gasteiger partial charge on any atom is 0.194 e. The Balaban J connectivity index is 2.22. The molecule has 3 nitrogen and oxygen atoms in total. The van der Waals surface area contributed by atoms with Gasteiger partial charge in [-0.1, -0.05) is 36.4 Å². The van der Waals surface area contributed by atoms with E-state index < -0.39 is 0 Å². The van der Waals surface area contributed by atoms with Crippen LogP contribution in [0, 0.1) is 0 Å². The molecule has 3 aromatic rings. The molecule has 2 heterocycles. The molecule has 0 aliphatic heterocycles. The number of hydrogen-bond acceptors (Lipinski definition) is 3. The van der Waals surface area contributed by atoms with E-state index in [0.717, 1.165) is 21.9 Å². The topological polar surface area (TPSA) is 43.3 Å². The number of thiazole rings is 1. The quantitative estimate of drug-likeness (QED) is 0.781. The third kappa shape index (κ3) is 1.85. The fraction of sp³-hybridized carbons (Fsp3) is 0.0714. The van der Waals surface area contributed by atoms with Crippen LogP contribution in [-0.4, -0.2) is 15.9 Å². The van der Waals surface area contributed by atoms with E-state index in [1.165, 1.54) is 0 Å². The van der Waals surface area contributed by atoms with Gasteiger partial charge >= 0.3 is 0 Å². The summed E-state index contributed by atoms with van der Waals surface area (Å²) in [7, 11) is 0. The Morgan fingerprint density at radius 1 is 1.28 bits per heavy atom. The highest BCUT2D eigenvalue weighted by Gasteiger charge is 2.11. The second-order valence-electron chi connectivity index (χ2n) is 3.91. The van der Waals surface area contributed by atoms with E-state index >= 15 is 0 Å². The van der Waals surface area contributed by atoms with Crippen molar-refractivity contribution in [3.63, 3.8) is 0 Å². The molecule has 0 aliphatic rings. The summed E-state index contributed by atoms with van der Waals surface area (Å²) in [4.78, 5) is 5.69. The number of rotatable bonds is 3. The molecule has 1 aromatic carbocycles. The monoisotopic (exact) mass is 255 g/mol. The van der Waals surface area contributed by atoms with Crippen LogP contribution in [0.3, 0.4) is 0 Å². The van der Waals surface area contributed by atoms with Gasteiger partial charge < -0.3 is 5.73 Å². The minimum Gasteiger partial charge on any atom is -0.327 e. The minimum atomic E-state index is 0.533. The number of benzene rings is 1. The average Bonchev–Trinajstić information content (AvgIpc) is 2.98. The summed E-state index contributed by atoms with van der Waals surface area (Å²) in [5.41, 5.74) is 8.76. The molecule has 0 spiro atoms. The van der Waals surface area contributed by atoms with Gasteiger partial charge in [0.25, 0.3) is 0 Å². The molecule has 90 valence electrons. The Hall–Kier alpha value is -1.91. The maximum absolute atomic E-state index is 5.54. The minimum absolute atomic E-state index is 0.533. The summed E-state index contributed by atoms with van der Waals surface area (Å²) >= 11 is 1.64. The van der Waals surface area contributed by atoms with Gasteiger partial charge in [-0.15, -0.1) is 11.3 Å². The highest BCUT2D eigenvalue weighted by Crippen LogP contribution is 2.27. The molecule has 0 unspecified atom stereocenters. The van der Waals surface area contributed by atoms with Crippen LogP contribution in [-0.2, 0) is 0 Å². The lowest BCUT2D eigenvalue weighted by molar-refractivity contribution is 1.20. The maximum atomic E-state index is 5.54. The van der Waals surface area contributed by atoms with Crippen molar-refractivity contribution >= 4 is 22.4 Å². The molecular formula is C14H13N3S. The van der Waals surface area contributed by atoms with Gasteiger partial charge in [-0.05, 0) is 6.08 Å². The molecule has 18 heavy (non-hydrogen) atoms. The molecule has 3 rings (SSSR count). The van der Waals surface area contributed by atoms with E-state index in [9.17, 15) is 0 Å². The Morgan fingerprint density at radius 2 is 2.11 bits per heavy atom. The summed E-state index contributed by atoms with van der Waals surface area (Å²) in [6.45, 7) is 0.533. The Bertz CT molecular complexity index is 679. The van der Waals surface area contributed by atoms with E-state index in [-0.39, 0.29) is 0 Å². The largest absolute Gasteiger partial charge is 0.327 e. The zero-order chi connectivity index (χ0) is 12.4. The lowest BCUT2D eigenvalue weighted by atomic mass is 10.1. The van der Waals surface area contributed by atoms with Crippen LogP contribution in [0.4, 0.5) is 0 Å². The molecule has 0 bridgehead atoms. The SMILES string of the molecule is NCC=Cc1c(-c2ccccc2)nc2sccn12. The predicted molar refractivity (Wildman–Crippen MR) is 76.6 cm³/mol. The molecule has 0 saturated heterocycles. The molecule has 4 heteroatoms. The smallest absolute Gasteiger partial charge is 0.194 e. The fourth-order valence-electron chi connectivity index (χ4n) is 1.95. The first-order valence-electron chi connectivity index (χ1n) is 5.77. The molecule has 0 saturated carbocycles. The summed E-state index contributed by atoms with van der Waals surface area (Å²) < 4.78 is 2.10. The lowest BCUT2D eigenvalue weighted by Crippen LogP contribution is -1.93. The van der Waals surface area contributed by atoms with Crippen LogP contribution in [0.2, 0.25) is 0 Å². The van der Waals surface area contributed by atoms with Crippen LogP contribution in [0.25, 0.3) is 22.3 Å². The van der Waals surface area contributed by atoms with Crippen molar-refractivity contribution in [1.82, 2.24) is 9.38 Å². The summed E-state index contributed by atoms with van der Waals surface area (Å²) in [5, 5.41) is 2.04. The number of hydrogen-bond donors (Lipinski definition) is 1. The first-order chi connectivity index (χ1) is 8.90. The zero-order valence-corrected chi connectivity index (χ0v) is 10.6. The second kappa shape index (κ2) is 4.76. The Labute approximate surface area is 109 Å². The van der Waals surface area contributed by atoms with Crippen molar-refractivity contribution < 1.29 is 0 Å². The standard InChI is InChI=1S/C14H13N3S/c15-8-4-7-12-13(11-5-2-1-3-6-11)16-14-17(12)9-10-18-14/h1-7,9-10H,8,15H2. The number of fused-ring (bicyclic) bond motifs is 1. The highest BCUT2D eigenvalue weighted by atomic mass is 32.1. The predicted octanol–water partition coefficient (Wildman–Crippen LogP) is 3.03. The molecule has 2 aromatic heterocycles. The Morgan fingerprint density at radius 3 is 2.89 bits per heavy atom. The molecule has 0 atom stereocenters. The van der Waals surface area contributed by atoms with Gasteiger partial charge in [0.1, 0.15) is 0 Å². The van der Waals surface area contributed by atoms with Gasteiger partial charge in [-0.25, -0.2) is 4.98 Å². The molecular weight excluding hydrogens is 242 g/mol. The molecule has 2 N–H and O–H groups in total. The van der Waals surface area contributed by atoms with Crippen molar-refractivity contribution in [2.75, 3.05) is 6.54 Å². The van der Waals surface area contributed by atoms with Crippen molar-refractivity contribution in [3.05, 3.63) is 53.7 Å². The first-order valence-corrected chi connectivity index (χ1v) is 6.65. The van der Waals surface area contributed by atoms with Crippen LogP contribution in [0.5, 0.6) is 0 Å². The third-order valence-electron chi connectivity index (χ3n) is 2.76. The highest BCUT2D eigenvalue weighted by molar-refractivity contribution is 7.15. The Kier molecular flexibility index (Phi) is 2.96. The van der Waals surface area contributed by atoms with Crippen LogP contribution in [0.15, 0.2) is 48.0 Å². The van der Waals surface area contributed by atoms with Gasteiger partial charge in [0.2, 0.25) is 0 Å². The van der Waals surface area contributed by atoms with Crippen molar-refractivity contribution in [3.8, 4) is 11.3 Å². The van der Waals surface area contributed by atoms with Gasteiger partial charge in [0.15, 0.2) is 4.96 Å². The average molecular weight is 255 g/mol. The number of imidazole rings is 1. The number of aromatic nitrogens is 2. The van der Waals surface area contributed by atoms with E-state index in [1.807, 2.05) is 41.9 Å². The fourth-order valence-corrected chi connectivity index (χ4v) is 2.67. The van der Waals surface area contributed by atoms with Crippen LogP contribution < -0.4 is 5.73 Å². The van der Waals surface area contributed by atoms with E-state index in [2.05, 4.69) is 21.5 Å². The van der Waals surface area contributed by atoms with Crippen LogP contribution >= 0.6 is 11.3 Å². The molecule has 0 amide bonds. The molecule has 0 aliphatic carbocycles. The van der Waals surface area contributed by atoms with Gasteiger partial charge in [-0.3, -0.25) is 4.40 Å². The molecule has 0 radical (unpaired) electrons. The van der Waals surface area contributed by atoms with E-state index in [1.54, 1.807) is 11.3 Å². The molecule has 0 fully saturated rings. The zero-order valence-electron chi connectivity index (χ0n) is 9.78. The van der Waals surface area contributed by atoms with Gasteiger partial charge in [0.05, 0.1) is 11.4 Å². The second-order valence-corrected chi connectivity index (χ2v) is 4.78. The van der Waals surface area contributed by atoms with E-state index in [4.69, 9.17) is 5.73 Å². The summed E-state index contributed by atoms with van der Waals surface area (Å²) in [5.74, 6) is 0.